The van der Waals surface area contributed by atoms with Crippen LogP contribution in [0.4, 0.5) is 19.3 Å². The van der Waals surface area contributed by atoms with Crippen LogP contribution in [0.15, 0.2) is 36.9 Å². The molecule has 8 nitrogen and oxygen atoms in total. The number of piperazine rings is 1. The van der Waals surface area contributed by atoms with Crippen molar-refractivity contribution in [2.75, 3.05) is 18.0 Å². The standard InChI is InChI=1S/C22H26F2N6O2/c1-22(2,3)32-21(31)30-16-4-5-17(30)13-27(12-16)18-6-7-25-28-10-14(8-19(18)28)15-9-26-29(11-15)20(23)24/h6-11,16-17,20H,4-5,12-13H2,1-3H3. The summed E-state index contributed by atoms with van der Waals surface area (Å²) in [5.41, 5.74) is 2.75. The van der Waals surface area contributed by atoms with Crippen LogP contribution in [0.5, 0.6) is 0 Å². The predicted octanol–water partition coefficient (Wildman–Crippen LogP) is 4.18. The van der Waals surface area contributed by atoms with Gasteiger partial charge in [0, 0.05) is 42.8 Å². The molecular weight excluding hydrogens is 418 g/mol. The summed E-state index contributed by atoms with van der Waals surface area (Å²) in [5, 5.41) is 8.12. The number of anilines is 1. The lowest BCUT2D eigenvalue weighted by molar-refractivity contribution is 0.0123. The second-order valence-electron chi connectivity index (χ2n) is 9.44. The Hall–Kier alpha value is -3.17. The molecule has 2 saturated heterocycles. The van der Waals surface area contributed by atoms with E-state index in [9.17, 15) is 13.6 Å². The highest BCUT2D eigenvalue weighted by Crippen LogP contribution is 2.36. The number of fused-ring (bicyclic) bond motifs is 3. The lowest BCUT2D eigenvalue weighted by Gasteiger charge is -2.42. The molecule has 2 fully saturated rings. The van der Waals surface area contributed by atoms with Gasteiger partial charge in [-0.05, 0) is 45.7 Å². The van der Waals surface area contributed by atoms with Crippen LogP contribution in [0, 0.1) is 0 Å². The maximum atomic E-state index is 12.9. The van der Waals surface area contributed by atoms with Crippen molar-refractivity contribution >= 4 is 17.3 Å². The van der Waals surface area contributed by atoms with Crippen LogP contribution >= 0.6 is 0 Å². The number of aromatic nitrogens is 4. The van der Waals surface area contributed by atoms with E-state index in [4.69, 9.17) is 4.74 Å². The zero-order chi connectivity index (χ0) is 22.6. The first kappa shape index (κ1) is 20.7. The van der Waals surface area contributed by atoms with E-state index in [1.165, 1.54) is 12.4 Å². The van der Waals surface area contributed by atoms with Gasteiger partial charge in [0.05, 0.1) is 29.5 Å². The quantitative estimate of drug-likeness (QED) is 0.606. The Morgan fingerprint density at radius 2 is 1.84 bits per heavy atom. The van der Waals surface area contributed by atoms with Crippen molar-refractivity contribution in [3.05, 3.63) is 36.9 Å². The maximum Gasteiger partial charge on any atom is 0.410 e. The highest BCUT2D eigenvalue weighted by molar-refractivity contribution is 5.80. The Balaban J connectivity index is 1.41. The third kappa shape index (κ3) is 3.67. The molecule has 5 heterocycles. The number of alkyl halides is 2. The fourth-order valence-electron chi connectivity index (χ4n) is 4.73. The summed E-state index contributed by atoms with van der Waals surface area (Å²) in [6.45, 7) is 4.38. The molecule has 3 aromatic rings. The van der Waals surface area contributed by atoms with Gasteiger partial charge >= 0.3 is 12.6 Å². The molecule has 0 spiro atoms. The Bertz CT molecular complexity index is 1140. The topological polar surface area (TPSA) is 67.9 Å². The number of halogens is 2. The summed E-state index contributed by atoms with van der Waals surface area (Å²) < 4.78 is 33.8. The van der Waals surface area contributed by atoms with Crippen LogP contribution in [0.25, 0.3) is 16.6 Å². The van der Waals surface area contributed by atoms with Gasteiger partial charge in [-0.2, -0.15) is 19.0 Å². The molecule has 5 rings (SSSR count). The molecule has 0 aromatic carbocycles. The van der Waals surface area contributed by atoms with Crippen LogP contribution in [-0.2, 0) is 4.74 Å². The van der Waals surface area contributed by atoms with E-state index >= 15 is 0 Å². The van der Waals surface area contributed by atoms with Crippen LogP contribution < -0.4 is 4.90 Å². The molecule has 0 N–H and O–H groups in total. The zero-order valence-electron chi connectivity index (χ0n) is 18.3. The van der Waals surface area contributed by atoms with E-state index < -0.39 is 12.2 Å². The van der Waals surface area contributed by atoms with Crippen LogP contribution in [0.2, 0.25) is 0 Å². The number of carbonyl (C=O) groups excluding carboxylic acids is 1. The molecule has 32 heavy (non-hydrogen) atoms. The molecule has 3 aromatic heterocycles. The number of hydrogen-bond acceptors (Lipinski definition) is 5. The minimum atomic E-state index is -2.67. The van der Waals surface area contributed by atoms with Gasteiger partial charge in [0.2, 0.25) is 0 Å². The highest BCUT2D eigenvalue weighted by atomic mass is 19.3. The van der Waals surface area contributed by atoms with Gasteiger partial charge in [-0.15, -0.1) is 0 Å². The van der Waals surface area contributed by atoms with Gasteiger partial charge in [0.25, 0.3) is 0 Å². The molecular formula is C22H26F2N6O2. The summed E-state index contributed by atoms with van der Waals surface area (Å²) in [6, 6.07) is 4.09. The highest BCUT2D eigenvalue weighted by Gasteiger charge is 2.44. The van der Waals surface area contributed by atoms with Crippen molar-refractivity contribution in [1.29, 1.82) is 0 Å². The smallest absolute Gasteiger partial charge is 0.410 e. The molecule has 2 bridgehead atoms. The summed E-state index contributed by atoms with van der Waals surface area (Å²) in [7, 11) is 0. The molecule has 2 aliphatic rings. The Labute approximate surface area is 184 Å². The first-order valence-electron chi connectivity index (χ1n) is 10.8. The van der Waals surface area contributed by atoms with Gasteiger partial charge in [-0.25, -0.2) is 14.0 Å². The Morgan fingerprint density at radius 3 is 2.47 bits per heavy atom. The van der Waals surface area contributed by atoms with Crippen LogP contribution in [0.1, 0.15) is 40.2 Å². The second kappa shape index (κ2) is 7.46. The van der Waals surface area contributed by atoms with Gasteiger partial charge in [-0.1, -0.05) is 0 Å². The summed E-state index contributed by atoms with van der Waals surface area (Å²) >= 11 is 0. The first-order valence-corrected chi connectivity index (χ1v) is 10.8. The molecule has 1 amide bonds. The molecule has 10 heteroatoms. The summed E-state index contributed by atoms with van der Waals surface area (Å²) in [5.74, 6) is 0. The van der Waals surface area contributed by atoms with E-state index in [2.05, 4.69) is 15.1 Å². The van der Waals surface area contributed by atoms with E-state index in [0.29, 0.717) is 23.3 Å². The lowest BCUT2D eigenvalue weighted by atomic mass is 10.1. The van der Waals surface area contributed by atoms with Crippen molar-refractivity contribution in [3.63, 3.8) is 0 Å². The predicted molar refractivity (Wildman–Crippen MR) is 115 cm³/mol. The maximum absolute atomic E-state index is 12.9. The zero-order valence-corrected chi connectivity index (χ0v) is 18.3. The van der Waals surface area contributed by atoms with E-state index in [1.54, 1.807) is 10.7 Å². The first-order chi connectivity index (χ1) is 15.2. The van der Waals surface area contributed by atoms with E-state index in [-0.39, 0.29) is 18.2 Å². The monoisotopic (exact) mass is 444 g/mol. The lowest BCUT2D eigenvalue weighted by Crippen LogP contribution is -2.56. The number of rotatable bonds is 3. The van der Waals surface area contributed by atoms with Crippen LogP contribution in [-0.4, -0.2) is 61.2 Å². The minimum Gasteiger partial charge on any atom is -0.444 e. The third-order valence-corrected chi connectivity index (χ3v) is 6.05. The largest absolute Gasteiger partial charge is 0.444 e. The Kier molecular flexibility index (Phi) is 4.83. The molecule has 0 saturated carbocycles. The molecule has 2 atom stereocenters. The molecule has 170 valence electrons. The van der Waals surface area contributed by atoms with Crippen molar-refractivity contribution in [2.45, 2.75) is 57.8 Å². The number of amides is 1. The summed E-state index contributed by atoms with van der Waals surface area (Å²) in [4.78, 5) is 16.9. The number of carbonyl (C=O) groups is 1. The average Bonchev–Trinajstić information content (AvgIpc) is 3.42. The SMILES string of the molecule is CC(C)(C)OC(=O)N1C2CCC1CN(c1ccnn3cc(-c4cnn(C(F)F)c4)cc13)C2. The third-order valence-electron chi connectivity index (χ3n) is 6.05. The van der Waals surface area contributed by atoms with Gasteiger partial charge in [-0.3, -0.25) is 4.90 Å². The molecule has 0 radical (unpaired) electrons. The summed E-state index contributed by atoms with van der Waals surface area (Å²) in [6.07, 6.45) is 7.96. The van der Waals surface area contributed by atoms with Gasteiger partial charge in [0.1, 0.15) is 5.60 Å². The van der Waals surface area contributed by atoms with Crippen molar-refractivity contribution < 1.29 is 18.3 Å². The van der Waals surface area contributed by atoms with E-state index in [1.807, 2.05) is 44.0 Å². The number of ether oxygens (including phenoxy) is 1. The average molecular weight is 444 g/mol. The fourth-order valence-corrected chi connectivity index (χ4v) is 4.73. The second-order valence-corrected chi connectivity index (χ2v) is 9.44. The van der Waals surface area contributed by atoms with Crippen molar-refractivity contribution in [1.82, 2.24) is 24.3 Å². The van der Waals surface area contributed by atoms with E-state index in [0.717, 1.165) is 29.6 Å². The number of nitrogens with zero attached hydrogens (tertiary/aromatic N) is 6. The van der Waals surface area contributed by atoms with Crippen LogP contribution in [0.3, 0.4) is 0 Å². The van der Waals surface area contributed by atoms with Gasteiger partial charge in [0.15, 0.2) is 0 Å². The Morgan fingerprint density at radius 1 is 1.12 bits per heavy atom. The molecule has 0 aliphatic carbocycles. The molecule has 2 unspecified atom stereocenters. The number of hydrogen-bond donors (Lipinski definition) is 0. The fraction of sp³-hybridized carbons (Fsp3) is 0.500. The van der Waals surface area contributed by atoms with Crippen molar-refractivity contribution in [2.24, 2.45) is 0 Å². The normalized spacial score (nSPS) is 21.1. The minimum absolute atomic E-state index is 0.0931. The van der Waals surface area contributed by atoms with Gasteiger partial charge < -0.3 is 9.64 Å². The van der Waals surface area contributed by atoms with Crippen molar-refractivity contribution in [3.8, 4) is 11.1 Å². The molecule has 2 aliphatic heterocycles.